The number of hydrogen-bond donors (Lipinski definition) is 1. The molecule has 1 N–H and O–H groups in total. The zero-order valence-corrected chi connectivity index (χ0v) is 23.4. The van der Waals surface area contributed by atoms with Gasteiger partial charge in [0.2, 0.25) is 5.91 Å². The molecule has 2 saturated heterocycles. The Bertz CT molecular complexity index is 1450. The lowest BCUT2D eigenvalue weighted by Gasteiger charge is -2.32. The van der Waals surface area contributed by atoms with E-state index in [2.05, 4.69) is 0 Å². The topological polar surface area (TPSA) is 113 Å². The minimum absolute atomic E-state index is 0.138. The lowest BCUT2D eigenvalue weighted by molar-refractivity contribution is -0.384. The standard InChI is InChI=1S/C31H33N3O6/c1-30(2,3)22-16-18(17-23(26(22)35)31(4,5)6)25-24-27(40-33(25)20-10-8-7-9-11-20)29(37)32(28(24)36)19-12-14-21(15-13-19)34(38)39/h7-17,24-25,27,35H,1-6H3/t24-,25-,27+/m1/s1. The zero-order valence-electron chi connectivity index (χ0n) is 23.4. The maximum atomic E-state index is 14.0. The summed E-state index contributed by atoms with van der Waals surface area (Å²) in [6, 6.07) is 17.8. The number of non-ortho nitro benzene ring substituents is 1. The van der Waals surface area contributed by atoms with E-state index in [1.54, 1.807) is 5.06 Å². The first-order valence-electron chi connectivity index (χ1n) is 13.2. The molecule has 3 aromatic carbocycles. The summed E-state index contributed by atoms with van der Waals surface area (Å²) in [6.07, 6.45) is -1.09. The van der Waals surface area contributed by atoms with E-state index in [9.17, 15) is 24.8 Å². The monoisotopic (exact) mass is 543 g/mol. The molecule has 2 fully saturated rings. The van der Waals surface area contributed by atoms with Gasteiger partial charge in [0.05, 0.1) is 22.3 Å². The third-order valence-corrected chi connectivity index (χ3v) is 7.53. The number of rotatable bonds is 4. The number of imide groups is 1. The van der Waals surface area contributed by atoms with Gasteiger partial charge in [0, 0.05) is 12.1 Å². The highest BCUT2D eigenvalue weighted by Crippen LogP contribution is 2.50. The van der Waals surface area contributed by atoms with E-state index in [1.807, 2.05) is 84.0 Å². The number of carbonyl (C=O) groups excluding carboxylic acids is 2. The van der Waals surface area contributed by atoms with Gasteiger partial charge in [-0.1, -0.05) is 59.7 Å². The van der Waals surface area contributed by atoms with Crippen LogP contribution in [-0.2, 0) is 25.3 Å². The van der Waals surface area contributed by atoms with E-state index >= 15 is 0 Å². The first-order chi connectivity index (χ1) is 18.7. The van der Waals surface area contributed by atoms with Crippen LogP contribution in [0.1, 0.15) is 64.3 Å². The molecule has 0 aliphatic carbocycles. The Morgan fingerprint density at radius 3 is 1.88 bits per heavy atom. The summed E-state index contributed by atoms with van der Waals surface area (Å²) in [6.45, 7) is 12.1. The Hall–Kier alpha value is -4.24. The second-order valence-corrected chi connectivity index (χ2v) is 12.4. The molecule has 2 amide bonds. The quantitative estimate of drug-likeness (QED) is 0.246. The number of phenolic OH excluding ortho intramolecular Hbond substituents is 1. The molecule has 0 unspecified atom stereocenters. The van der Waals surface area contributed by atoms with Crippen LogP contribution in [0.2, 0.25) is 0 Å². The number of para-hydroxylation sites is 1. The van der Waals surface area contributed by atoms with Gasteiger partial charge in [-0.15, -0.1) is 0 Å². The van der Waals surface area contributed by atoms with Crippen LogP contribution in [0.5, 0.6) is 5.75 Å². The Labute approximate surface area is 233 Å². The molecule has 3 atom stereocenters. The first-order valence-corrected chi connectivity index (χ1v) is 13.2. The Morgan fingerprint density at radius 1 is 0.825 bits per heavy atom. The SMILES string of the molecule is CC(C)(C)c1cc([C@@H]2[C@H]3C(=O)N(c4ccc([N+](=O)[O-])cc4)C(=O)[C@H]3ON2c2ccccc2)cc(C(C)(C)C)c1O. The van der Waals surface area contributed by atoms with Crippen LogP contribution in [0.4, 0.5) is 17.1 Å². The number of nitro benzene ring substituents is 1. The molecule has 208 valence electrons. The second kappa shape index (κ2) is 9.45. The fraction of sp³-hybridized carbons (Fsp3) is 0.355. The van der Waals surface area contributed by atoms with Crippen molar-refractivity contribution in [1.29, 1.82) is 0 Å². The highest BCUT2D eigenvalue weighted by atomic mass is 16.7. The van der Waals surface area contributed by atoms with Crippen molar-refractivity contribution in [2.75, 3.05) is 9.96 Å². The van der Waals surface area contributed by atoms with E-state index in [0.29, 0.717) is 5.69 Å². The third kappa shape index (κ3) is 4.50. The van der Waals surface area contributed by atoms with E-state index in [-0.39, 0.29) is 17.1 Å². The molecule has 2 aliphatic rings. The van der Waals surface area contributed by atoms with Crippen molar-refractivity contribution in [1.82, 2.24) is 0 Å². The van der Waals surface area contributed by atoms with Crippen molar-refractivity contribution in [2.24, 2.45) is 5.92 Å². The van der Waals surface area contributed by atoms with Crippen LogP contribution in [0.15, 0.2) is 66.7 Å². The van der Waals surface area contributed by atoms with Crippen molar-refractivity contribution in [2.45, 2.75) is 64.5 Å². The molecule has 0 radical (unpaired) electrons. The summed E-state index contributed by atoms with van der Waals surface area (Å²) < 4.78 is 0. The van der Waals surface area contributed by atoms with Gasteiger partial charge < -0.3 is 5.11 Å². The van der Waals surface area contributed by atoms with E-state index in [0.717, 1.165) is 21.6 Å². The van der Waals surface area contributed by atoms with Gasteiger partial charge >= 0.3 is 0 Å². The lowest BCUT2D eigenvalue weighted by Crippen LogP contribution is -2.37. The molecular weight excluding hydrogens is 510 g/mol. The highest BCUT2D eigenvalue weighted by Gasteiger charge is 2.60. The number of nitro groups is 1. The van der Waals surface area contributed by atoms with Crippen molar-refractivity contribution in [3.63, 3.8) is 0 Å². The van der Waals surface area contributed by atoms with Crippen LogP contribution in [-0.4, -0.2) is 27.9 Å². The number of amides is 2. The number of fused-ring (bicyclic) bond motifs is 1. The van der Waals surface area contributed by atoms with Crippen LogP contribution < -0.4 is 9.96 Å². The Kier molecular flexibility index (Phi) is 6.45. The molecule has 5 rings (SSSR count). The molecule has 9 heteroatoms. The lowest BCUT2D eigenvalue weighted by atomic mass is 9.76. The van der Waals surface area contributed by atoms with Crippen molar-refractivity contribution in [3.8, 4) is 5.75 Å². The summed E-state index contributed by atoms with van der Waals surface area (Å²) in [5.41, 5.74) is 2.20. The predicted octanol–water partition coefficient (Wildman–Crippen LogP) is 5.95. The first kappa shape index (κ1) is 27.3. The molecule has 3 aromatic rings. The van der Waals surface area contributed by atoms with Gasteiger partial charge in [0.25, 0.3) is 11.6 Å². The second-order valence-electron chi connectivity index (χ2n) is 12.4. The normalized spacial score (nSPS) is 21.2. The number of carbonyl (C=O) groups is 2. The highest BCUT2D eigenvalue weighted by molar-refractivity contribution is 6.24. The number of hydroxylamine groups is 1. The van der Waals surface area contributed by atoms with Crippen LogP contribution >= 0.6 is 0 Å². The van der Waals surface area contributed by atoms with Gasteiger partial charge in [-0.2, -0.15) is 0 Å². The molecule has 0 bridgehead atoms. The molecule has 40 heavy (non-hydrogen) atoms. The zero-order chi connectivity index (χ0) is 29.1. The fourth-order valence-corrected chi connectivity index (χ4v) is 5.50. The summed E-state index contributed by atoms with van der Waals surface area (Å²) in [5.74, 6) is -1.65. The summed E-state index contributed by atoms with van der Waals surface area (Å²) >= 11 is 0. The van der Waals surface area contributed by atoms with Crippen molar-refractivity contribution < 1.29 is 24.5 Å². The number of nitrogens with zero attached hydrogens (tertiary/aromatic N) is 3. The van der Waals surface area contributed by atoms with E-state index in [1.165, 1.54) is 24.3 Å². The minimum atomic E-state index is -1.09. The average Bonchev–Trinajstić information content (AvgIpc) is 3.39. The van der Waals surface area contributed by atoms with Gasteiger partial charge in [-0.25, -0.2) is 9.96 Å². The summed E-state index contributed by atoms with van der Waals surface area (Å²) in [7, 11) is 0. The van der Waals surface area contributed by atoms with Crippen LogP contribution in [0, 0.1) is 16.0 Å². The minimum Gasteiger partial charge on any atom is -0.507 e. The van der Waals surface area contributed by atoms with E-state index < -0.39 is 45.6 Å². The average molecular weight is 544 g/mol. The maximum absolute atomic E-state index is 14.0. The maximum Gasteiger partial charge on any atom is 0.269 e. The number of benzene rings is 3. The van der Waals surface area contributed by atoms with Crippen molar-refractivity contribution >= 4 is 28.9 Å². The molecule has 2 aliphatic heterocycles. The molecule has 0 saturated carbocycles. The van der Waals surface area contributed by atoms with Gasteiger partial charge in [-0.3, -0.25) is 24.5 Å². The number of anilines is 2. The van der Waals surface area contributed by atoms with E-state index in [4.69, 9.17) is 4.84 Å². The number of hydrogen-bond acceptors (Lipinski definition) is 7. The molecule has 0 spiro atoms. The molecule has 0 aromatic heterocycles. The van der Waals surface area contributed by atoms with Gasteiger partial charge in [0.15, 0.2) is 6.10 Å². The Balaban J connectivity index is 1.67. The fourth-order valence-electron chi connectivity index (χ4n) is 5.50. The smallest absolute Gasteiger partial charge is 0.269 e. The van der Waals surface area contributed by atoms with Crippen LogP contribution in [0.3, 0.4) is 0 Å². The largest absolute Gasteiger partial charge is 0.507 e. The molecule has 2 heterocycles. The van der Waals surface area contributed by atoms with Gasteiger partial charge in [0.1, 0.15) is 11.7 Å². The number of phenols is 1. The van der Waals surface area contributed by atoms with Crippen LogP contribution in [0.25, 0.3) is 0 Å². The summed E-state index contributed by atoms with van der Waals surface area (Å²) in [5, 5.41) is 24.1. The molecule has 9 nitrogen and oxygen atoms in total. The van der Waals surface area contributed by atoms with Crippen molar-refractivity contribution in [3.05, 3.63) is 93.5 Å². The molecular formula is C31H33N3O6. The number of aromatic hydroxyl groups is 1. The van der Waals surface area contributed by atoms with Gasteiger partial charge in [-0.05, 0) is 63.9 Å². The predicted molar refractivity (Wildman–Crippen MR) is 151 cm³/mol. The Morgan fingerprint density at radius 2 is 1.38 bits per heavy atom. The summed E-state index contributed by atoms with van der Waals surface area (Å²) in [4.78, 5) is 45.6. The third-order valence-electron chi connectivity index (χ3n) is 7.53.